The molecule has 0 unspecified atom stereocenters. The van der Waals surface area contributed by atoms with Crippen LogP contribution in [0.2, 0.25) is 0 Å². The van der Waals surface area contributed by atoms with Gasteiger partial charge in [-0.1, -0.05) is 0 Å². The van der Waals surface area contributed by atoms with Gasteiger partial charge in [-0.15, -0.1) is 11.3 Å². The maximum atomic E-state index is 13.2. The summed E-state index contributed by atoms with van der Waals surface area (Å²) in [4.78, 5) is 21.5. The standard InChI is InChI=1S/C14H11FN4OS/c1-7-6-8(2-3-9(7)15)19-13(20)12-10(16)11-14(21-12)18-5-4-17-11/h2-6H,16H2,1H3,(H,19,20). The number of hydrogen-bond donors (Lipinski definition) is 2. The van der Waals surface area contributed by atoms with Crippen LogP contribution in [-0.2, 0) is 0 Å². The van der Waals surface area contributed by atoms with Gasteiger partial charge in [-0.05, 0) is 30.7 Å². The van der Waals surface area contributed by atoms with E-state index < -0.39 is 0 Å². The highest BCUT2D eigenvalue weighted by molar-refractivity contribution is 7.21. The Labute approximate surface area is 123 Å². The van der Waals surface area contributed by atoms with Gasteiger partial charge < -0.3 is 11.1 Å². The molecule has 5 nitrogen and oxygen atoms in total. The fraction of sp³-hybridized carbons (Fsp3) is 0.0714. The number of hydrogen-bond acceptors (Lipinski definition) is 5. The molecule has 0 atom stereocenters. The number of rotatable bonds is 2. The molecular formula is C14H11FN4OS. The Bertz CT molecular complexity index is 846. The average molecular weight is 302 g/mol. The van der Waals surface area contributed by atoms with Crippen LogP contribution >= 0.6 is 11.3 Å². The zero-order valence-corrected chi connectivity index (χ0v) is 11.9. The highest BCUT2D eigenvalue weighted by atomic mass is 32.1. The lowest BCUT2D eigenvalue weighted by molar-refractivity contribution is 0.103. The molecule has 3 aromatic rings. The van der Waals surface area contributed by atoms with Gasteiger partial charge in [0.1, 0.15) is 21.0 Å². The largest absolute Gasteiger partial charge is 0.396 e. The Balaban J connectivity index is 1.93. The van der Waals surface area contributed by atoms with Gasteiger partial charge in [0.15, 0.2) is 0 Å². The van der Waals surface area contributed by atoms with Crippen LogP contribution in [0.25, 0.3) is 10.3 Å². The number of nitrogens with one attached hydrogen (secondary N) is 1. The molecule has 1 amide bonds. The van der Waals surface area contributed by atoms with Gasteiger partial charge in [-0.2, -0.15) is 0 Å². The van der Waals surface area contributed by atoms with E-state index in [1.165, 1.54) is 29.7 Å². The molecule has 0 saturated heterocycles. The minimum atomic E-state index is -0.358. The molecule has 3 rings (SSSR count). The van der Waals surface area contributed by atoms with Crippen molar-refractivity contribution in [1.29, 1.82) is 0 Å². The zero-order valence-electron chi connectivity index (χ0n) is 11.1. The second-order valence-corrected chi connectivity index (χ2v) is 5.47. The SMILES string of the molecule is Cc1cc(NC(=O)c2sc3nccnc3c2N)ccc1F. The predicted octanol–water partition coefficient (Wildman–Crippen LogP) is 2.97. The smallest absolute Gasteiger partial charge is 0.268 e. The summed E-state index contributed by atoms with van der Waals surface area (Å²) in [5, 5.41) is 2.70. The molecule has 0 bridgehead atoms. The monoisotopic (exact) mass is 302 g/mol. The third-order valence-electron chi connectivity index (χ3n) is 2.99. The average Bonchev–Trinajstić information content (AvgIpc) is 2.81. The van der Waals surface area contributed by atoms with Gasteiger partial charge in [0.25, 0.3) is 5.91 Å². The van der Waals surface area contributed by atoms with Gasteiger partial charge >= 0.3 is 0 Å². The molecule has 0 aliphatic rings. The second kappa shape index (κ2) is 5.10. The van der Waals surface area contributed by atoms with E-state index in [9.17, 15) is 9.18 Å². The van der Waals surface area contributed by atoms with Gasteiger partial charge in [0, 0.05) is 18.1 Å². The highest BCUT2D eigenvalue weighted by Crippen LogP contribution is 2.31. The van der Waals surface area contributed by atoms with E-state index in [1.807, 2.05) is 0 Å². The summed E-state index contributed by atoms with van der Waals surface area (Å²) in [6, 6.07) is 4.37. The van der Waals surface area contributed by atoms with E-state index in [-0.39, 0.29) is 11.7 Å². The minimum absolute atomic E-state index is 0.305. The topological polar surface area (TPSA) is 80.9 Å². The number of nitrogens with zero attached hydrogens (tertiary/aromatic N) is 2. The van der Waals surface area contributed by atoms with Crippen LogP contribution in [0.5, 0.6) is 0 Å². The van der Waals surface area contributed by atoms with Crippen molar-refractivity contribution in [3.63, 3.8) is 0 Å². The minimum Gasteiger partial charge on any atom is -0.396 e. The highest BCUT2D eigenvalue weighted by Gasteiger charge is 2.18. The van der Waals surface area contributed by atoms with Crippen LogP contribution in [0.3, 0.4) is 0 Å². The molecule has 21 heavy (non-hydrogen) atoms. The van der Waals surface area contributed by atoms with Crippen LogP contribution in [0.15, 0.2) is 30.6 Å². The van der Waals surface area contributed by atoms with Gasteiger partial charge in [-0.3, -0.25) is 4.79 Å². The van der Waals surface area contributed by atoms with Crippen molar-refractivity contribution in [2.24, 2.45) is 0 Å². The van der Waals surface area contributed by atoms with Crippen molar-refractivity contribution in [2.75, 3.05) is 11.1 Å². The number of halogens is 1. The molecule has 3 N–H and O–H groups in total. The van der Waals surface area contributed by atoms with E-state index in [2.05, 4.69) is 15.3 Å². The molecule has 106 valence electrons. The first-order valence-electron chi connectivity index (χ1n) is 6.13. The number of amides is 1. The lowest BCUT2D eigenvalue weighted by atomic mass is 10.2. The first-order chi connectivity index (χ1) is 10.1. The molecular weight excluding hydrogens is 291 g/mol. The fourth-order valence-electron chi connectivity index (χ4n) is 1.92. The first-order valence-corrected chi connectivity index (χ1v) is 6.94. The summed E-state index contributed by atoms with van der Waals surface area (Å²) in [6.45, 7) is 1.63. The van der Waals surface area contributed by atoms with Crippen LogP contribution in [-0.4, -0.2) is 15.9 Å². The molecule has 0 aliphatic carbocycles. The van der Waals surface area contributed by atoms with Crippen molar-refractivity contribution in [3.8, 4) is 0 Å². The van der Waals surface area contributed by atoms with Gasteiger partial charge in [-0.25, -0.2) is 14.4 Å². The molecule has 0 aliphatic heterocycles. The number of benzene rings is 1. The molecule has 0 saturated carbocycles. The van der Waals surface area contributed by atoms with Crippen LogP contribution in [0, 0.1) is 12.7 Å². The second-order valence-electron chi connectivity index (χ2n) is 4.47. The van der Waals surface area contributed by atoms with Crippen LogP contribution < -0.4 is 11.1 Å². The van der Waals surface area contributed by atoms with E-state index in [0.29, 0.717) is 32.2 Å². The Morgan fingerprint density at radius 3 is 2.81 bits per heavy atom. The molecule has 7 heteroatoms. The fourth-order valence-corrected chi connectivity index (χ4v) is 2.84. The number of aromatic nitrogens is 2. The predicted molar refractivity (Wildman–Crippen MR) is 80.9 cm³/mol. The van der Waals surface area contributed by atoms with Crippen molar-refractivity contribution >= 4 is 39.0 Å². The summed E-state index contributed by atoms with van der Waals surface area (Å²) in [5.74, 6) is -0.675. The quantitative estimate of drug-likeness (QED) is 0.762. The molecule has 0 radical (unpaired) electrons. The number of nitrogens with two attached hydrogens (primary N) is 1. The molecule has 0 fully saturated rings. The molecule has 0 spiro atoms. The van der Waals surface area contributed by atoms with Gasteiger partial charge in [0.2, 0.25) is 0 Å². The Kier molecular flexibility index (Phi) is 3.26. The maximum absolute atomic E-state index is 13.2. The van der Waals surface area contributed by atoms with Crippen molar-refractivity contribution < 1.29 is 9.18 Å². The van der Waals surface area contributed by atoms with Crippen molar-refractivity contribution in [3.05, 3.63) is 46.9 Å². The van der Waals surface area contributed by atoms with Crippen molar-refractivity contribution in [2.45, 2.75) is 6.92 Å². The lowest BCUT2D eigenvalue weighted by Gasteiger charge is -2.05. The Hall–Kier alpha value is -2.54. The van der Waals surface area contributed by atoms with Crippen LogP contribution in [0.1, 0.15) is 15.2 Å². The number of fused-ring (bicyclic) bond motifs is 1. The number of carbonyl (C=O) groups excluding carboxylic acids is 1. The molecule has 2 heterocycles. The summed E-state index contributed by atoms with van der Waals surface area (Å²) in [5.41, 5.74) is 7.73. The van der Waals surface area contributed by atoms with Crippen molar-refractivity contribution in [1.82, 2.24) is 9.97 Å². The number of carbonyl (C=O) groups is 1. The lowest BCUT2D eigenvalue weighted by Crippen LogP contribution is -2.12. The first kappa shape index (κ1) is 13.4. The number of aryl methyl sites for hydroxylation is 1. The Morgan fingerprint density at radius 1 is 1.33 bits per heavy atom. The molecule has 1 aromatic carbocycles. The zero-order chi connectivity index (χ0) is 15.0. The maximum Gasteiger partial charge on any atom is 0.268 e. The van der Waals surface area contributed by atoms with Crippen LogP contribution in [0.4, 0.5) is 15.8 Å². The summed E-state index contributed by atoms with van der Waals surface area (Å²) in [7, 11) is 0. The normalized spacial score (nSPS) is 10.8. The molecule has 2 aromatic heterocycles. The van der Waals surface area contributed by atoms with Gasteiger partial charge in [0.05, 0.1) is 5.69 Å². The summed E-state index contributed by atoms with van der Waals surface area (Å²) < 4.78 is 13.2. The van der Waals surface area contributed by atoms with E-state index in [4.69, 9.17) is 5.73 Å². The Morgan fingerprint density at radius 2 is 2.10 bits per heavy atom. The third kappa shape index (κ3) is 2.43. The summed E-state index contributed by atoms with van der Waals surface area (Å²) >= 11 is 1.17. The summed E-state index contributed by atoms with van der Waals surface area (Å²) in [6.07, 6.45) is 3.07. The van der Waals surface area contributed by atoms with E-state index in [1.54, 1.807) is 19.2 Å². The number of thiophene rings is 1. The number of anilines is 2. The van der Waals surface area contributed by atoms with E-state index >= 15 is 0 Å². The van der Waals surface area contributed by atoms with E-state index in [0.717, 1.165) is 0 Å². The number of nitrogen functional groups attached to an aromatic ring is 1. The third-order valence-corrected chi connectivity index (χ3v) is 4.09.